The minimum atomic E-state index is -4.64. The second-order valence-corrected chi connectivity index (χ2v) is 6.14. The lowest BCUT2D eigenvalue weighted by Crippen LogP contribution is -2.29. The number of anilines is 1. The minimum Gasteiger partial charge on any atom is -0.370 e. The van der Waals surface area contributed by atoms with E-state index in [0.29, 0.717) is 24.1 Å². The van der Waals surface area contributed by atoms with Crippen LogP contribution in [0.25, 0.3) is 16.7 Å². The largest absolute Gasteiger partial charge is 0.417 e. The van der Waals surface area contributed by atoms with Crippen LogP contribution in [0.5, 0.6) is 0 Å². The number of rotatable bonds is 6. The number of likely N-dealkylation sites (N-methyl/N-ethyl adjacent to an activating group) is 1. The number of nitrogens with zero attached hydrogens (tertiary/aromatic N) is 4. The van der Waals surface area contributed by atoms with Gasteiger partial charge in [0.05, 0.1) is 16.6 Å². The number of aromatic nitrogens is 2. The van der Waals surface area contributed by atoms with Crippen molar-refractivity contribution in [2.75, 3.05) is 31.5 Å². The van der Waals surface area contributed by atoms with Crippen LogP contribution in [0.3, 0.4) is 0 Å². The van der Waals surface area contributed by atoms with Gasteiger partial charge in [0.15, 0.2) is 5.65 Å². The van der Waals surface area contributed by atoms with Gasteiger partial charge in [-0.15, -0.1) is 0 Å². The smallest absolute Gasteiger partial charge is 0.370 e. The fourth-order valence-corrected chi connectivity index (χ4v) is 3.18. The molecule has 3 aromatic rings. The predicted octanol–water partition coefficient (Wildman–Crippen LogP) is 4.13. The van der Waals surface area contributed by atoms with Crippen molar-refractivity contribution in [2.24, 2.45) is 0 Å². The molecule has 0 amide bonds. The van der Waals surface area contributed by atoms with Crippen molar-refractivity contribution in [3.63, 3.8) is 0 Å². The molecule has 0 aliphatic rings. The second kappa shape index (κ2) is 7.45. The average molecular weight is 375 g/mol. The molecule has 1 aromatic carbocycles. The Kier molecular flexibility index (Phi) is 5.24. The van der Waals surface area contributed by atoms with Crippen LogP contribution in [0, 0.1) is 11.3 Å². The van der Waals surface area contributed by atoms with Crippen LogP contribution in [-0.4, -0.2) is 40.5 Å². The third kappa shape index (κ3) is 3.55. The van der Waals surface area contributed by atoms with Gasteiger partial charge in [0.2, 0.25) is 0 Å². The molecule has 0 saturated carbocycles. The highest BCUT2D eigenvalue weighted by Crippen LogP contribution is 2.36. The Bertz CT molecular complexity index is 996. The molecule has 0 aliphatic heterocycles. The number of nitriles is 1. The molecule has 3 rings (SSSR count). The summed E-state index contributed by atoms with van der Waals surface area (Å²) in [4.78, 5) is 6.46. The zero-order valence-corrected chi connectivity index (χ0v) is 15.1. The van der Waals surface area contributed by atoms with Crippen LogP contribution in [0.2, 0.25) is 0 Å². The predicted molar refractivity (Wildman–Crippen MR) is 98.7 cm³/mol. The zero-order chi connectivity index (χ0) is 19.6. The summed E-state index contributed by atoms with van der Waals surface area (Å²) < 4.78 is 42.2. The van der Waals surface area contributed by atoms with Gasteiger partial charge in [-0.2, -0.15) is 18.4 Å². The van der Waals surface area contributed by atoms with Gasteiger partial charge in [0, 0.05) is 13.1 Å². The Morgan fingerprint density at radius 1 is 1.22 bits per heavy atom. The highest BCUT2D eigenvalue weighted by molar-refractivity contribution is 5.85. The minimum absolute atomic E-state index is 0.0128. The van der Waals surface area contributed by atoms with Crippen LogP contribution in [0.1, 0.15) is 25.0 Å². The van der Waals surface area contributed by atoms with Crippen molar-refractivity contribution in [2.45, 2.75) is 20.0 Å². The van der Waals surface area contributed by atoms with Gasteiger partial charge in [0.25, 0.3) is 0 Å². The number of para-hydroxylation sites is 2. The van der Waals surface area contributed by atoms with Crippen LogP contribution < -0.4 is 5.32 Å². The molecule has 2 aromatic heterocycles. The molecule has 5 nitrogen and oxygen atoms in total. The Morgan fingerprint density at radius 2 is 1.93 bits per heavy atom. The Morgan fingerprint density at radius 3 is 2.56 bits per heavy atom. The zero-order valence-electron chi connectivity index (χ0n) is 15.1. The lowest BCUT2D eigenvalue weighted by molar-refractivity contribution is -0.137. The number of imidazole rings is 1. The summed E-state index contributed by atoms with van der Waals surface area (Å²) >= 11 is 0. The molecule has 0 radical (unpaired) electrons. The lowest BCUT2D eigenvalue weighted by Gasteiger charge is -2.20. The number of halogens is 3. The molecule has 1 N–H and O–H groups in total. The first-order valence-electron chi connectivity index (χ1n) is 8.78. The molecule has 0 aliphatic carbocycles. The van der Waals surface area contributed by atoms with Gasteiger partial charge in [0.1, 0.15) is 17.5 Å². The van der Waals surface area contributed by atoms with Crippen LogP contribution >= 0.6 is 0 Å². The third-order valence-electron chi connectivity index (χ3n) is 4.62. The van der Waals surface area contributed by atoms with E-state index in [2.05, 4.69) is 15.2 Å². The highest BCUT2D eigenvalue weighted by atomic mass is 19.4. The molecule has 0 saturated heterocycles. The molecule has 0 fully saturated rings. The summed E-state index contributed by atoms with van der Waals surface area (Å²) in [6.45, 7) is 6.98. The number of hydrogen-bond donors (Lipinski definition) is 1. The standard InChI is InChI=1S/C19H20F3N5/c1-3-26(4-2)10-9-24-17-11-14(19(20,21)22)13(12-23)18-25-15-7-5-6-8-16(15)27(17)18/h5-8,11,24H,3-4,9-10H2,1-2H3. The number of hydrogen-bond acceptors (Lipinski definition) is 4. The van der Waals surface area contributed by atoms with E-state index < -0.39 is 17.3 Å². The molecule has 0 unspecified atom stereocenters. The third-order valence-corrected chi connectivity index (χ3v) is 4.62. The van der Waals surface area contributed by atoms with Gasteiger partial charge in [-0.1, -0.05) is 26.0 Å². The molecular weight excluding hydrogens is 355 g/mol. The monoisotopic (exact) mass is 375 g/mol. The molecule has 2 heterocycles. The van der Waals surface area contributed by atoms with Gasteiger partial charge >= 0.3 is 6.18 Å². The first-order chi connectivity index (χ1) is 12.9. The van der Waals surface area contributed by atoms with Crippen molar-refractivity contribution in [1.29, 1.82) is 5.26 Å². The van der Waals surface area contributed by atoms with Crippen LogP contribution in [0.4, 0.5) is 19.0 Å². The van der Waals surface area contributed by atoms with E-state index in [0.717, 1.165) is 19.2 Å². The van der Waals surface area contributed by atoms with E-state index in [1.807, 2.05) is 13.8 Å². The summed E-state index contributed by atoms with van der Waals surface area (Å²) in [6, 6.07) is 9.74. The van der Waals surface area contributed by atoms with Crippen LogP contribution in [0.15, 0.2) is 30.3 Å². The van der Waals surface area contributed by atoms with Crippen molar-refractivity contribution >= 4 is 22.5 Å². The topological polar surface area (TPSA) is 56.4 Å². The fraction of sp³-hybridized carbons (Fsp3) is 0.368. The van der Waals surface area contributed by atoms with Crippen molar-refractivity contribution in [3.05, 3.63) is 41.5 Å². The summed E-state index contributed by atoms with van der Waals surface area (Å²) in [6.07, 6.45) is -4.64. The summed E-state index contributed by atoms with van der Waals surface area (Å²) in [5.74, 6) is 0.275. The molecule has 27 heavy (non-hydrogen) atoms. The quantitative estimate of drug-likeness (QED) is 0.704. The van der Waals surface area contributed by atoms with E-state index in [9.17, 15) is 18.4 Å². The molecule has 0 spiro atoms. The number of fused-ring (bicyclic) bond motifs is 3. The van der Waals surface area contributed by atoms with Crippen molar-refractivity contribution in [3.8, 4) is 6.07 Å². The molecule has 0 atom stereocenters. The molecular formula is C19H20F3N5. The summed E-state index contributed by atoms with van der Waals surface area (Å²) in [5.41, 5.74) is -0.229. The Balaban J connectivity index is 2.17. The van der Waals surface area contributed by atoms with E-state index in [1.54, 1.807) is 34.7 Å². The van der Waals surface area contributed by atoms with Gasteiger partial charge < -0.3 is 10.2 Å². The second-order valence-electron chi connectivity index (χ2n) is 6.14. The van der Waals surface area contributed by atoms with Crippen molar-refractivity contribution in [1.82, 2.24) is 14.3 Å². The molecule has 0 bridgehead atoms. The SMILES string of the molecule is CCN(CC)CCNc1cc(C(F)(F)F)c(C#N)c2nc3ccccc3n12. The maximum atomic E-state index is 13.5. The average Bonchev–Trinajstić information content (AvgIpc) is 3.03. The normalized spacial score (nSPS) is 12.0. The maximum absolute atomic E-state index is 13.5. The maximum Gasteiger partial charge on any atom is 0.417 e. The number of pyridine rings is 1. The fourth-order valence-electron chi connectivity index (χ4n) is 3.18. The van der Waals surface area contributed by atoms with Gasteiger partial charge in [-0.25, -0.2) is 4.98 Å². The number of alkyl halides is 3. The van der Waals surface area contributed by atoms with E-state index >= 15 is 0 Å². The Hall–Kier alpha value is -2.79. The number of benzene rings is 1. The first kappa shape index (κ1) is 19.0. The van der Waals surface area contributed by atoms with Gasteiger partial charge in [-0.3, -0.25) is 4.40 Å². The van der Waals surface area contributed by atoms with E-state index in [-0.39, 0.29) is 11.5 Å². The van der Waals surface area contributed by atoms with Crippen LogP contribution in [-0.2, 0) is 6.18 Å². The lowest BCUT2D eigenvalue weighted by atomic mass is 10.1. The Labute approximate surface area is 155 Å². The summed E-state index contributed by atoms with van der Waals surface area (Å²) in [7, 11) is 0. The summed E-state index contributed by atoms with van der Waals surface area (Å²) in [5, 5.41) is 12.5. The van der Waals surface area contributed by atoms with Gasteiger partial charge in [-0.05, 0) is 31.3 Å². The molecule has 8 heteroatoms. The highest BCUT2D eigenvalue weighted by Gasteiger charge is 2.36. The first-order valence-corrected chi connectivity index (χ1v) is 8.78. The number of nitrogens with one attached hydrogen (secondary N) is 1. The van der Waals surface area contributed by atoms with E-state index in [1.165, 1.54) is 0 Å². The van der Waals surface area contributed by atoms with Crippen molar-refractivity contribution < 1.29 is 13.2 Å². The molecule has 142 valence electrons. The van der Waals surface area contributed by atoms with E-state index in [4.69, 9.17) is 0 Å².